The zero-order valence-corrected chi connectivity index (χ0v) is 21.3. The Labute approximate surface area is 221 Å². The molecule has 208 valence electrons. The van der Waals surface area contributed by atoms with Crippen LogP contribution in [0.15, 0.2) is 81.5 Å². The fourth-order valence-electron chi connectivity index (χ4n) is 4.12. The molecular formula is C25H25F3N4O6S. The molecule has 0 saturated heterocycles. The van der Waals surface area contributed by atoms with Crippen LogP contribution in [0.2, 0.25) is 0 Å². The number of carbonyl (C=O) groups excluding carboxylic acids is 1. The van der Waals surface area contributed by atoms with E-state index in [1.807, 2.05) is 13.0 Å². The number of halogens is 3. The van der Waals surface area contributed by atoms with E-state index in [0.717, 1.165) is 17.6 Å². The number of rotatable bonds is 5. The van der Waals surface area contributed by atoms with Crippen LogP contribution >= 0.6 is 0 Å². The number of alkyl halides is 3. The normalized spacial score (nSPS) is 20.0. The molecule has 0 bridgehead atoms. The van der Waals surface area contributed by atoms with Crippen molar-refractivity contribution >= 4 is 33.3 Å². The first-order chi connectivity index (χ1) is 18.1. The molecule has 2 atom stereocenters. The summed E-state index contributed by atoms with van der Waals surface area (Å²) in [5.74, 6) is -2.90. The molecule has 4 rings (SSSR count). The van der Waals surface area contributed by atoms with Crippen LogP contribution in [-0.2, 0) is 19.6 Å². The van der Waals surface area contributed by atoms with E-state index in [9.17, 15) is 26.4 Å². The second-order valence-electron chi connectivity index (χ2n) is 8.81. The number of allylic oxidation sites excluding steroid dienone is 4. The minimum absolute atomic E-state index is 0.0514. The first-order valence-electron chi connectivity index (χ1n) is 11.4. The van der Waals surface area contributed by atoms with E-state index >= 15 is 0 Å². The predicted molar refractivity (Wildman–Crippen MR) is 136 cm³/mol. The lowest BCUT2D eigenvalue weighted by Crippen LogP contribution is -2.21. The number of sulfonamides is 1. The topological polar surface area (TPSA) is 185 Å². The first-order valence-corrected chi connectivity index (χ1v) is 12.9. The third-order valence-electron chi connectivity index (χ3n) is 6.21. The molecule has 0 aliphatic heterocycles. The van der Waals surface area contributed by atoms with Crippen molar-refractivity contribution in [2.24, 2.45) is 27.9 Å². The molecule has 0 radical (unpaired) electrons. The van der Waals surface area contributed by atoms with Crippen LogP contribution in [0.1, 0.15) is 19.8 Å². The van der Waals surface area contributed by atoms with Crippen LogP contribution in [0, 0.1) is 11.8 Å². The van der Waals surface area contributed by atoms with Crippen molar-refractivity contribution in [2.45, 2.75) is 30.8 Å². The third kappa shape index (κ3) is 7.03. The van der Waals surface area contributed by atoms with E-state index in [2.05, 4.69) is 10.5 Å². The maximum absolute atomic E-state index is 12.7. The summed E-state index contributed by atoms with van der Waals surface area (Å²) < 4.78 is 55.4. The molecule has 1 fully saturated rings. The Bertz CT molecular complexity index is 1480. The summed E-state index contributed by atoms with van der Waals surface area (Å²) in [6.45, 7) is 1.87. The van der Waals surface area contributed by atoms with Gasteiger partial charge in [0.2, 0.25) is 15.9 Å². The molecule has 2 aliphatic carbocycles. The van der Waals surface area contributed by atoms with Gasteiger partial charge in [0.15, 0.2) is 0 Å². The van der Waals surface area contributed by atoms with Gasteiger partial charge >= 0.3 is 12.1 Å². The maximum Gasteiger partial charge on any atom is 0.490 e. The van der Waals surface area contributed by atoms with Crippen LogP contribution < -0.4 is 16.2 Å². The Balaban J connectivity index is 0.000000532. The number of hydrogen-bond donors (Lipinski definition) is 5. The number of amides is 1. The number of nitrogens with zero attached hydrogens (tertiary/aromatic N) is 1. The molecule has 39 heavy (non-hydrogen) atoms. The van der Waals surface area contributed by atoms with E-state index in [1.54, 1.807) is 42.5 Å². The first kappa shape index (κ1) is 29.4. The largest absolute Gasteiger partial charge is 0.490 e. The Morgan fingerprint density at radius 1 is 1.10 bits per heavy atom. The highest BCUT2D eigenvalue weighted by atomic mass is 32.2. The number of anilines is 1. The molecule has 10 nitrogen and oxygen atoms in total. The van der Waals surface area contributed by atoms with Crippen molar-refractivity contribution in [1.29, 1.82) is 0 Å². The van der Waals surface area contributed by atoms with Crippen LogP contribution in [-0.4, -0.2) is 42.5 Å². The third-order valence-corrected chi connectivity index (χ3v) is 7.18. The summed E-state index contributed by atoms with van der Waals surface area (Å²) in [6.07, 6.45) is -1.94. The number of carboxylic acid groups (broad SMARTS) is 1. The van der Waals surface area contributed by atoms with Crippen LogP contribution in [0.25, 0.3) is 11.1 Å². The summed E-state index contributed by atoms with van der Waals surface area (Å²) in [7, 11) is -3.85. The SMILES string of the molecule is CC1=C(N)C(=NO)CC=C1[C@H]1C[C@H]1C(=O)Nc1ccc(-c2ccccc2S(N)(=O)=O)cc1.O=C(O)C(F)(F)F. The lowest BCUT2D eigenvalue weighted by atomic mass is 9.91. The quantitative estimate of drug-likeness (QED) is 0.270. The van der Waals surface area contributed by atoms with Gasteiger partial charge in [-0.2, -0.15) is 13.2 Å². The number of nitrogens with one attached hydrogen (secondary N) is 1. The number of aliphatic carboxylic acids is 1. The van der Waals surface area contributed by atoms with Crippen LogP contribution in [0.4, 0.5) is 18.9 Å². The number of carbonyl (C=O) groups is 2. The average molecular weight is 567 g/mol. The number of oxime groups is 1. The molecule has 0 aromatic heterocycles. The number of nitrogens with two attached hydrogens (primary N) is 2. The average Bonchev–Trinajstić information content (AvgIpc) is 3.66. The second-order valence-corrected chi connectivity index (χ2v) is 10.3. The molecule has 1 amide bonds. The van der Waals surface area contributed by atoms with Gasteiger partial charge in [0.25, 0.3) is 0 Å². The molecule has 0 unspecified atom stereocenters. The van der Waals surface area contributed by atoms with Crippen molar-refractivity contribution in [1.82, 2.24) is 0 Å². The van der Waals surface area contributed by atoms with E-state index in [4.69, 9.17) is 26.0 Å². The Kier molecular flexibility index (Phi) is 8.51. The zero-order valence-electron chi connectivity index (χ0n) is 20.4. The summed E-state index contributed by atoms with van der Waals surface area (Å²) in [4.78, 5) is 21.7. The van der Waals surface area contributed by atoms with Crippen molar-refractivity contribution < 1.29 is 41.5 Å². The number of hydrogen-bond acceptors (Lipinski definition) is 7. The zero-order chi connectivity index (χ0) is 29.1. The number of benzene rings is 2. The highest BCUT2D eigenvalue weighted by molar-refractivity contribution is 7.89. The van der Waals surface area contributed by atoms with E-state index in [-0.39, 0.29) is 22.6 Å². The molecule has 1 saturated carbocycles. The van der Waals surface area contributed by atoms with Gasteiger partial charge in [-0.15, -0.1) is 0 Å². The Hall–Kier alpha value is -4.17. The molecule has 7 N–H and O–H groups in total. The fraction of sp³-hybridized carbons (Fsp3) is 0.240. The molecule has 0 heterocycles. The summed E-state index contributed by atoms with van der Waals surface area (Å²) in [5, 5.41) is 27.6. The summed E-state index contributed by atoms with van der Waals surface area (Å²) in [5.41, 5.74) is 10.6. The molecule has 0 spiro atoms. The van der Waals surface area contributed by atoms with Gasteiger partial charge in [0.1, 0.15) is 5.71 Å². The second kappa shape index (κ2) is 11.3. The Morgan fingerprint density at radius 2 is 1.69 bits per heavy atom. The van der Waals surface area contributed by atoms with E-state index < -0.39 is 22.2 Å². The Morgan fingerprint density at radius 3 is 2.23 bits per heavy atom. The van der Waals surface area contributed by atoms with Gasteiger partial charge in [-0.05, 0) is 54.2 Å². The minimum atomic E-state index is -5.08. The van der Waals surface area contributed by atoms with Crippen molar-refractivity contribution in [2.75, 3.05) is 5.32 Å². The number of primary sulfonamides is 1. The van der Waals surface area contributed by atoms with Crippen LogP contribution in [0.5, 0.6) is 0 Å². The van der Waals surface area contributed by atoms with Crippen molar-refractivity contribution in [3.05, 3.63) is 71.5 Å². The van der Waals surface area contributed by atoms with Gasteiger partial charge in [-0.1, -0.05) is 41.6 Å². The van der Waals surface area contributed by atoms with Gasteiger partial charge in [0.05, 0.1) is 10.6 Å². The fourth-order valence-corrected chi connectivity index (χ4v) is 4.88. The molecule has 14 heteroatoms. The highest BCUT2D eigenvalue weighted by Crippen LogP contribution is 2.48. The standard InChI is InChI=1S/C23H24N4O4S.C2HF3O2/c1-13-16(10-11-20(27-29)22(13)24)18-12-19(18)23(28)26-15-8-6-14(7-9-15)17-4-2-3-5-21(17)32(25,30)31;3-2(4,5)1(6)7/h2-10,18-19,29H,11-12,24H2,1H3,(H,26,28)(H2,25,30,31);(H,6,7)/t18-,19-;/m1./s1. The predicted octanol–water partition coefficient (Wildman–Crippen LogP) is 3.60. The monoisotopic (exact) mass is 566 g/mol. The lowest BCUT2D eigenvalue weighted by molar-refractivity contribution is -0.192. The molecule has 2 aromatic carbocycles. The smallest absolute Gasteiger partial charge is 0.475 e. The van der Waals surface area contributed by atoms with Gasteiger partial charge < -0.3 is 21.4 Å². The van der Waals surface area contributed by atoms with E-state index in [0.29, 0.717) is 34.6 Å². The van der Waals surface area contributed by atoms with Crippen LogP contribution in [0.3, 0.4) is 0 Å². The van der Waals surface area contributed by atoms with Gasteiger partial charge in [-0.3, -0.25) is 4.79 Å². The lowest BCUT2D eigenvalue weighted by Gasteiger charge is -2.17. The molecule has 2 aliphatic rings. The van der Waals surface area contributed by atoms with Crippen molar-refractivity contribution in [3.63, 3.8) is 0 Å². The highest BCUT2D eigenvalue weighted by Gasteiger charge is 2.46. The van der Waals surface area contributed by atoms with Gasteiger partial charge in [0, 0.05) is 23.6 Å². The maximum atomic E-state index is 12.7. The summed E-state index contributed by atoms with van der Waals surface area (Å²) >= 11 is 0. The molecule has 2 aromatic rings. The van der Waals surface area contributed by atoms with Gasteiger partial charge in [-0.25, -0.2) is 18.4 Å². The molecular weight excluding hydrogens is 541 g/mol. The number of carboxylic acids is 1. The summed E-state index contributed by atoms with van der Waals surface area (Å²) in [6, 6.07) is 13.5. The van der Waals surface area contributed by atoms with E-state index in [1.165, 1.54) is 6.07 Å². The minimum Gasteiger partial charge on any atom is -0.475 e. The van der Waals surface area contributed by atoms with Crippen molar-refractivity contribution in [3.8, 4) is 11.1 Å².